The summed E-state index contributed by atoms with van der Waals surface area (Å²) >= 11 is 0. The summed E-state index contributed by atoms with van der Waals surface area (Å²) in [4.78, 5) is 12.1. The third-order valence-corrected chi connectivity index (χ3v) is 4.05. The van der Waals surface area contributed by atoms with E-state index in [0.717, 1.165) is 23.4 Å². The van der Waals surface area contributed by atoms with E-state index in [4.69, 9.17) is 4.74 Å². The van der Waals surface area contributed by atoms with Crippen LogP contribution in [0.5, 0.6) is 5.75 Å². The van der Waals surface area contributed by atoms with Crippen LogP contribution in [0.3, 0.4) is 0 Å². The Morgan fingerprint density at radius 3 is 2.61 bits per heavy atom. The van der Waals surface area contributed by atoms with Gasteiger partial charge in [-0.3, -0.25) is 0 Å². The van der Waals surface area contributed by atoms with Crippen LogP contribution in [0.2, 0.25) is 0 Å². The van der Waals surface area contributed by atoms with E-state index in [9.17, 15) is 4.79 Å². The van der Waals surface area contributed by atoms with Gasteiger partial charge in [-0.2, -0.15) is 0 Å². The summed E-state index contributed by atoms with van der Waals surface area (Å²) in [6.07, 6.45) is 0.788. The van der Waals surface area contributed by atoms with E-state index < -0.39 is 0 Å². The summed E-state index contributed by atoms with van der Waals surface area (Å²) in [6, 6.07) is 15.7. The lowest BCUT2D eigenvalue weighted by Crippen LogP contribution is -2.44. The SMILES string of the molecule is CC(C)c1ccc(NC(=O)N[C@H]2COc3ccccc3C2)cc1. The van der Waals surface area contributed by atoms with Crippen molar-refractivity contribution in [1.29, 1.82) is 0 Å². The highest BCUT2D eigenvalue weighted by molar-refractivity contribution is 5.89. The van der Waals surface area contributed by atoms with E-state index in [2.05, 4.69) is 24.5 Å². The molecule has 0 spiro atoms. The molecule has 2 aromatic rings. The van der Waals surface area contributed by atoms with E-state index in [-0.39, 0.29) is 12.1 Å². The number of nitrogens with one attached hydrogen (secondary N) is 2. The van der Waals surface area contributed by atoms with Gasteiger partial charge >= 0.3 is 6.03 Å². The van der Waals surface area contributed by atoms with Gasteiger partial charge in [0.1, 0.15) is 12.4 Å². The first-order chi connectivity index (χ1) is 11.1. The Labute approximate surface area is 136 Å². The molecule has 1 heterocycles. The van der Waals surface area contributed by atoms with Crippen molar-refractivity contribution in [3.05, 3.63) is 59.7 Å². The molecule has 120 valence electrons. The highest BCUT2D eigenvalue weighted by Crippen LogP contribution is 2.24. The Morgan fingerprint density at radius 2 is 1.87 bits per heavy atom. The minimum absolute atomic E-state index is 0.0140. The molecule has 0 radical (unpaired) electrons. The van der Waals surface area contributed by atoms with Gasteiger partial charge in [0.2, 0.25) is 0 Å². The van der Waals surface area contributed by atoms with Crippen LogP contribution in [-0.2, 0) is 6.42 Å². The van der Waals surface area contributed by atoms with Gasteiger partial charge in [0.15, 0.2) is 0 Å². The van der Waals surface area contributed by atoms with Gasteiger partial charge in [-0.1, -0.05) is 44.2 Å². The number of hydrogen-bond donors (Lipinski definition) is 2. The number of amides is 2. The number of fused-ring (bicyclic) bond motifs is 1. The first-order valence-corrected chi connectivity index (χ1v) is 8.00. The second-order valence-electron chi connectivity index (χ2n) is 6.19. The molecule has 1 atom stereocenters. The average Bonchev–Trinajstić information content (AvgIpc) is 2.55. The summed E-state index contributed by atoms with van der Waals surface area (Å²) in [6.45, 7) is 4.79. The van der Waals surface area contributed by atoms with Crippen molar-refractivity contribution in [1.82, 2.24) is 5.32 Å². The maximum absolute atomic E-state index is 12.1. The largest absolute Gasteiger partial charge is 0.491 e. The number of benzene rings is 2. The van der Waals surface area contributed by atoms with Gasteiger partial charge in [0.25, 0.3) is 0 Å². The summed E-state index contributed by atoms with van der Waals surface area (Å²) in [5, 5.41) is 5.84. The second kappa shape index (κ2) is 6.73. The molecular formula is C19H22N2O2. The average molecular weight is 310 g/mol. The van der Waals surface area contributed by atoms with Crippen LogP contribution >= 0.6 is 0 Å². The van der Waals surface area contributed by atoms with Crippen molar-refractivity contribution >= 4 is 11.7 Å². The molecular weight excluding hydrogens is 288 g/mol. The molecule has 0 aromatic heterocycles. The second-order valence-corrected chi connectivity index (χ2v) is 6.19. The number of rotatable bonds is 3. The Balaban J connectivity index is 1.56. The smallest absolute Gasteiger partial charge is 0.319 e. The first-order valence-electron chi connectivity index (χ1n) is 8.00. The summed E-state index contributed by atoms with van der Waals surface area (Å²) < 4.78 is 5.69. The first kappa shape index (κ1) is 15.4. The van der Waals surface area contributed by atoms with E-state index >= 15 is 0 Å². The minimum atomic E-state index is -0.199. The van der Waals surface area contributed by atoms with Crippen LogP contribution in [0.1, 0.15) is 30.9 Å². The van der Waals surface area contributed by atoms with Gasteiger partial charge < -0.3 is 15.4 Å². The number of hydrogen-bond acceptors (Lipinski definition) is 2. The van der Waals surface area contributed by atoms with Gasteiger partial charge in [0.05, 0.1) is 6.04 Å². The summed E-state index contributed by atoms with van der Waals surface area (Å²) in [5.74, 6) is 1.40. The molecule has 0 saturated heterocycles. The van der Waals surface area contributed by atoms with E-state index in [1.807, 2.05) is 48.5 Å². The molecule has 0 bridgehead atoms. The summed E-state index contributed by atoms with van der Waals surface area (Å²) in [7, 11) is 0. The third kappa shape index (κ3) is 3.83. The molecule has 3 rings (SSSR count). The molecule has 1 aliphatic rings. The van der Waals surface area contributed by atoms with Crippen molar-refractivity contribution in [2.45, 2.75) is 32.2 Å². The van der Waals surface area contributed by atoms with Crippen LogP contribution < -0.4 is 15.4 Å². The normalized spacial score (nSPS) is 16.4. The van der Waals surface area contributed by atoms with Crippen LogP contribution in [-0.4, -0.2) is 18.7 Å². The van der Waals surface area contributed by atoms with Crippen LogP contribution in [0.25, 0.3) is 0 Å². The standard InChI is InChI=1S/C19H22N2O2/c1-13(2)14-7-9-16(10-8-14)20-19(22)21-17-11-15-5-3-4-6-18(15)23-12-17/h3-10,13,17H,11-12H2,1-2H3,(H2,20,21,22)/t17-/m1/s1. The fourth-order valence-electron chi connectivity index (χ4n) is 2.72. The predicted octanol–water partition coefficient (Wildman–Crippen LogP) is 3.94. The lowest BCUT2D eigenvalue weighted by atomic mass is 10.0. The molecule has 0 fully saturated rings. The Kier molecular flexibility index (Phi) is 4.51. The predicted molar refractivity (Wildman–Crippen MR) is 92.1 cm³/mol. The fourth-order valence-corrected chi connectivity index (χ4v) is 2.72. The zero-order chi connectivity index (χ0) is 16.2. The number of para-hydroxylation sites is 1. The third-order valence-electron chi connectivity index (χ3n) is 4.05. The van der Waals surface area contributed by atoms with E-state index in [1.165, 1.54) is 5.56 Å². The monoisotopic (exact) mass is 310 g/mol. The Hall–Kier alpha value is -2.49. The van der Waals surface area contributed by atoms with Crippen molar-refractivity contribution < 1.29 is 9.53 Å². The highest BCUT2D eigenvalue weighted by Gasteiger charge is 2.20. The number of urea groups is 1. The van der Waals surface area contributed by atoms with Crippen LogP contribution in [0, 0.1) is 0 Å². The molecule has 4 heteroatoms. The van der Waals surface area contributed by atoms with Crippen LogP contribution in [0.4, 0.5) is 10.5 Å². The zero-order valence-electron chi connectivity index (χ0n) is 13.5. The van der Waals surface area contributed by atoms with Crippen molar-refractivity contribution in [3.8, 4) is 5.75 Å². The Bertz CT molecular complexity index is 680. The van der Waals surface area contributed by atoms with Crippen molar-refractivity contribution in [2.24, 2.45) is 0 Å². The zero-order valence-corrected chi connectivity index (χ0v) is 13.5. The lowest BCUT2D eigenvalue weighted by Gasteiger charge is -2.26. The van der Waals surface area contributed by atoms with Gasteiger partial charge in [0, 0.05) is 5.69 Å². The molecule has 23 heavy (non-hydrogen) atoms. The lowest BCUT2D eigenvalue weighted by molar-refractivity contribution is 0.222. The Morgan fingerprint density at radius 1 is 1.13 bits per heavy atom. The number of anilines is 1. The molecule has 0 unspecified atom stereocenters. The molecule has 1 aliphatic heterocycles. The van der Waals surface area contributed by atoms with Gasteiger partial charge in [-0.25, -0.2) is 4.79 Å². The van der Waals surface area contributed by atoms with Gasteiger partial charge in [-0.15, -0.1) is 0 Å². The molecule has 2 N–H and O–H groups in total. The minimum Gasteiger partial charge on any atom is -0.491 e. The van der Waals surface area contributed by atoms with E-state index in [0.29, 0.717) is 12.5 Å². The van der Waals surface area contributed by atoms with Crippen molar-refractivity contribution in [2.75, 3.05) is 11.9 Å². The topological polar surface area (TPSA) is 50.4 Å². The van der Waals surface area contributed by atoms with Crippen LogP contribution in [0.15, 0.2) is 48.5 Å². The quantitative estimate of drug-likeness (QED) is 0.902. The number of carbonyl (C=O) groups excluding carboxylic acids is 1. The van der Waals surface area contributed by atoms with Gasteiger partial charge in [-0.05, 0) is 41.7 Å². The maximum Gasteiger partial charge on any atom is 0.319 e. The number of ether oxygens (including phenoxy) is 1. The molecule has 0 saturated carbocycles. The highest BCUT2D eigenvalue weighted by atomic mass is 16.5. The molecule has 0 aliphatic carbocycles. The summed E-state index contributed by atoms with van der Waals surface area (Å²) in [5.41, 5.74) is 3.18. The fraction of sp³-hybridized carbons (Fsp3) is 0.316. The number of carbonyl (C=O) groups is 1. The maximum atomic E-state index is 12.1. The van der Waals surface area contributed by atoms with Crippen molar-refractivity contribution in [3.63, 3.8) is 0 Å². The molecule has 2 aromatic carbocycles. The molecule has 4 nitrogen and oxygen atoms in total. The molecule has 2 amide bonds. The van der Waals surface area contributed by atoms with E-state index in [1.54, 1.807) is 0 Å².